The number of ether oxygens (including phenoxy) is 2. The number of carbonyl (C=O) groups is 2. The molecule has 3 aromatic carbocycles. The smallest absolute Gasteiger partial charge is 0.220 e. The highest BCUT2D eigenvalue weighted by molar-refractivity contribution is 7.99. The minimum absolute atomic E-state index is 0.000404. The molecule has 48 heavy (non-hydrogen) atoms. The second-order valence-electron chi connectivity index (χ2n) is 12.2. The molecule has 3 N–H and O–H groups in total. The molecule has 2 heterocycles. The number of carbonyl (C=O) groups excluding carboxylic acids is 2. The molecule has 1 aliphatic rings. The van der Waals surface area contributed by atoms with Crippen LogP contribution in [0.2, 0.25) is 0 Å². The van der Waals surface area contributed by atoms with Crippen LogP contribution in [0.25, 0.3) is 11.1 Å². The highest BCUT2D eigenvalue weighted by Crippen LogP contribution is 2.43. The SMILES string of the molecule is CC(=O)NCCCCCC(=O)NCc1ccccc1-c1ccc(C2OC(CSc3ccccn3)C(C)C(c3ccc(CO)cc3)O2)cc1. The molecule has 0 saturated carbocycles. The minimum Gasteiger partial charge on any atom is -0.392 e. The van der Waals surface area contributed by atoms with E-state index in [2.05, 4.69) is 52.9 Å². The topological polar surface area (TPSA) is 110 Å². The Morgan fingerprint density at radius 2 is 1.60 bits per heavy atom. The van der Waals surface area contributed by atoms with Crippen LogP contribution in [-0.2, 0) is 32.2 Å². The molecule has 1 aliphatic heterocycles. The standard InChI is InChI=1S/C39H45N3O5S/c1-27-35(26-48-37-13-7-9-23-41-37)46-39(47-38(27)31-16-14-29(25-43)15-17-31)32-20-18-30(19-21-32)34-11-6-5-10-33(34)24-42-36(45)12-4-3-8-22-40-28(2)44/h5-7,9-11,13-21,23,27,35,38-39,43H,3-4,8,12,22,24-26H2,1-2H3,(H,40,44)(H,42,45). The molecule has 252 valence electrons. The molecule has 9 heteroatoms. The van der Waals surface area contributed by atoms with Crippen molar-refractivity contribution < 1.29 is 24.2 Å². The van der Waals surface area contributed by atoms with E-state index in [-0.39, 0.29) is 36.5 Å². The Morgan fingerprint density at radius 1 is 0.854 bits per heavy atom. The molecule has 4 unspecified atom stereocenters. The molecule has 8 nitrogen and oxygen atoms in total. The van der Waals surface area contributed by atoms with Gasteiger partial charge in [-0.2, -0.15) is 0 Å². The molecule has 0 radical (unpaired) electrons. The van der Waals surface area contributed by atoms with Crippen molar-refractivity contribution in [1.29, 1.82) is 0 Å². The number of unbranched alkanes of at least 4 members (excludes halogenated alkanes) is 2. The minimum atomic E-state index is -0.556. The molecular weight excluding hydrogens is 623 g/mol. The summed E-state index contributed by atoms with van der Waals surface area (Å²) in [5, 5.41) is 16.4. The summed E-state index contributed by atoms with van der Waals surface area (Å²) in [5.74, 6) is 0.818. The zero-order chi connectivity index (χ0) is 33.7. The molecule has 5 rings (SSSR count). The Kier molecular flexibility index (Phi) is 13.2. The number of hydrogen-bond donors (Lipinski definition) is 3. The largest absolute Gasteiger partial charge is 0.392 e. The van der Waals surface area contributed by atoms with E-state index in [0.717, 1.165) is 63.4 Å². The fraction of sp³-hybridized carbons (Fsp3) is 0.359. The van der Waals surface area contributed by atoms with E-state index in [4.69, 9.17) is 9.47 Å². The lowest BCUT2D eigenvalue weighted by Crippen LogP contribution is -2.38. The maximum absolute atomic E-state index is 12.5. The number of rotatable bonds is 15. The van der Waals surface area contributed by atoms with E-state index < -0.39 is 6.29 Å². The Hall–Kier alpha value is -4.02. The van der Waals surface area contributed by atoms with E-state index in [1.54, 1.807) is 18.0 Å². The van der Waals surface area contributed by atoms with Gasteiger partial charge in [0.15, 0.2) is 6.29 Å². The van der Waals surface area contributed by atoms with Crippen molar-refractivity contribution in [3.05, 3.63) is 119 Å². The number of nitrogens with zero attached hydrogens (tertiary/aromatic N) is 1. The molecule has 4 aromatic rings. The van der Waals surface area contributed by atoms with Crippen molar-refractivity contribution in [2.75, 3.05) is 12.3 Å². The van der Waals surface area contributed by atoms with Gasteiger partial charge in [-0.1, -0.05) is 92.2 Å². The molecule has 2 amide bonds. The van der Waals surface area contributed by atoms with Crippen LogP contribution in [0.3, 0.4) is 0 Å². The van der Waals surface area contributed by atoms with E-state index in [1.165, 1.54) is 6.92 Å². The Morgan fingerprint density at radius 3 is 2.33 bits per heavy atom. The van der Waals surface area contributed by atoms with Crippen LogP contribution in [0.5, 0.6) is 0 Å². The summed E-state index contributed by atoms with van der Waals surface area (Å²) in [6, 6.07) is 30.3. The molecule has 0 aliphatic carbocycles. The third-order valence-electron chi connectivity index (χ3n) is 8.60. The van der Waals surface area contributed by atoms with Crippen LogP contribution in [0.1, 0.15) is 74.2 Å². The van der Waals surface area contributed by atoms with Crippen LogP contribution in [-0.4, -0.2) is 40.3 Å². The van der Waals surface area contributed by atoms with E-state index >= 15 is 0 Å². The highest BCUT2D eigenvalue weighted by atomic mass is 32.2. The van der Waals surface area contributed by atoms with Gasteiger partial charge in [0.05, 0.1) is 23.8 Å². The van der Waals surface area contributed by atoms with E-state index in [0.29, 0.717) is 19.5 Å². The predicted molar refractivity (Wildman–Crippen MR) is 189 cm³/mol. The van der Waals surface area contributed by atoms with Crippen molar-refractivity contribution in [2.24, 2.45) is 5.92 Å². The van der Waals surface area contributed by atoms with Gasteiger partial charge in [0.1, 0.15) is 0 Å². The molecule has 4 atom stereocenters. The maximum atomic E-state index is 12.5. The average Bonchev–Trinajstić information content (AvgIpc) is 3.12. The number of pyridine rings is 1. The Bertz CT molecular complexity index is 1600. The molecule has 1 fully saturated rings. The summed E-state index contributed by atoms with van der Waals surface area (Å²) in [6.07, 6.45) is 3.99. The van der Waals surface area contributed by atoms with Gasteiger partial charge in [0.2, 0.25) is 11.8 Å². The van der Waals surface area contributed by atoms with Gasteiger partial charge in [-0.3, -0.25) is 9.59 Å². The fourth-order valence-electron chi connectivity index (χ4n) is 5.82. The number of benzene rings is 3. The van der Waals surface area contributed by atoms with Crippen LogP contribution >= 0.6 is 11.8 Å². The van der Waals surface area contributed by atoms with Crippen molar-refractivity contribution in [2.45, 2.75) is 76.2 Å². The summed E-state index contributed by atoms with van der Waals surface area (Å²) >= 11 is 1.68. The van der Waals surface area contributed by atoms with Gasteiger partial charge in [0.25, 0.3) is 0 Å². The van der Waals surface area contributed by atoms with Crippen molar-refractivity contribution in [3.63, 3.8) is 0 Å². The first-order chi connectivity index (χ1) is 23.4. The quantitative estimate of drug-likeness (QED) is 0.0914. The van der Waals surface area contributed by atoms with Gasteiger partial charge in [-0.05, 0) is 52.8 Å². The number of aromatic nitrogens is 1. The lowest BCUT2D eigenvalue weighted by atomic mass is 9.91. The molecule has 0 bridgehead atoms. The first-order valence-electron chi connectivity index (χ1n) is 16.6. The predicted octanol–water partition coefficient (Wildman–Crippen LogP) is 7.14. The summed E-state index contributed by atoms with van der Waals surface area (Å²) in [5.41, 5.74) is 6.00. The zero-order valence-electron chi connectivity index (χ0n) is 27.6. The van der Waals surface area contributed by atoms with Crippen LogP contribution in [0, 0.1) is 5.92 Å². The number of aliphatic hydroxyl groups excluding tert-OH is 1. The van der Waals surface area contributed by atoms with Crippen molar-refractivity contribution >= 4 is 23.6 Å². The third kappa shape index (κ3) is 10.00. The van der Waals surface area contributed by atoms with Crippen molar-refractivity contribution in [3.8, 4) is 11.1 Å². The summed E-state index contributed by atoms with van der Waals surface area (Å²) in [7, 11) is 0. The lowest BCUT2D eigenvalue weighted by Gasteiger charge is -2.41. The number of amides is 2. The highest BCUT2D eigenvalue weighted by Gasteiger charge is 2.38. The number of nitrogens with one attached hydrogen (secondary N) is 2. The summed E-state index contributed by atoms with van der Waals surface area (Å²) < 4.78 is 13.3. The molecular formula is C39H45N3O5S. The van der Waals surface area contributed by atoms with Gasteiger partial charge >= 0.3 is 0 Å². The second-order valence-corrected chi connectivity index (χ2v) is 13.2. The fourth-order valence-corrected chi connectivity index (χ4v) is 6.85. The first kappa shape index (κ1) is 35.3. The zero-order valence-corrected chi connectivity index (χ0v) is 28.5. The maximum Gasteiger partial charge on any atom is 0.220 e. The van der Waals surface area contributed by atoms with Crippen molar-refractivity contribution in [1.82, 2.24) is 15.6 Å². The summed E-state index contributed by atoms with van der Waals surface area (Å²) in [4.78, 5) is 28.0. The number of thioether (sulfide) groups is 1. The van der Waals surface area contributed by atoms with Gasteiger partial charge in [0, 0.05) is 49.9 Å². The van der Waals surface area contributed by atoms with E-state index in [9.17, 15) is 14.7 Å². The lowest BCUT2D eigenvalue weighted by molar-refractivity contribution is -0.268. The molecule has 1 saturated heterocycles. The van der Waals surface area contributed by atoms with Crippen LogP contribution in [0.15, 0.2) is 102 Å². The van der Waals surface area contributed by atoms with Crippen LogP contribution < -0.4 is 10.6 Å². The van der Waals surface area contributed by atoms with Gasteiger partial charge in [-0.25, -0.2) is 4.98 Å². The Balaban J connectivity index is 1.25. The van der Waals surface area contributed by atoms with Gasteiger partial charge < -0.3 is 25.2 Å². The van der Waals surface area contributed by atoms with Gasteiger partial charge in [-0.15, -0.1) is 11.8 Å². The third-order valence-corrected chi connectivity index (χ3v) is 9.63. The summed E-state index contributed by atoms with van der Waals surface area (Å²) in [6.45, 7) is 4.77. The van der Waals surface area contributed by atoms with Crippen LogP contribution in [0.4, 0.5) is 0 Å². The monoisotopic (exact) mass is 667 g/mol. The number of hydrogen-bond acceptors (Lipinski definition) is 7. The average molecular weight is 668 g/mol. The first-order valence-corrected chi connectivity index (χ1v) is 17.6. The normalized spacial score (nSPS) is 19.1. The van der Waals surface area contributed by atoms with E-state index in [1.807, 2.05) is 60.7 Å². The molecule has 0 spiro atoms. The Labute approximate surface area is 287 Å². The molecule has 1 aromatic heterocycles. The second kappa shape index (κ2) is 17.9. The number of aliphatic hydroxyl groups is 1.